The molecule has 1 aromatic rings. The van der Waals surface area contributed by atoms with Gasteiger partial charge in [0.25, 0.3) is 0 Å². The van der Waals surface area contributed by atoms with E-state index in [0.717, 1.165) is 12.0 Å². The predicted octanol–water partition coefficient (Wildman–Crippen LogP) is 1.61. The number of carbonyl (C=O) groups excluding carboxylic acids is 3. The molecule has 3 aliphatic rings. The third kappa shape index (κ3) is 3.62. The van der Waals surface area contributed by atoms with Crippen LogP contribution < -0.4 is 10.6 Å². The average molecular weight is 472 g/mol. The Morgan fingerprint density at radius 1 is 1.21 bits per heavy atom. The van der Waals surface area contributed by atoms with E-state index in [2.05, 4.69) is 10.6 Å². The topological polar surface area (TPSA) is 108 Å². The predicted molar refractivity (Wildman–Crippen MR) is 126 cm³/mol. The lowest BCUT2D eigenvalue weighted by molar-refractivity contribution is -0.151. The van der Waals surface area contributed by atoms with Crippen LogP contribution in [0.3, 0.4) is 0 Å². The summed E-state index contributed by atoms with van der Waals surface area (Å²) in [6.45, 7) is 8.38. The summed E-state index contributed by atoms with van der Waals surface area (Å²) in [6, 6.07) is 8.15. The summed E-state index contributed by atoms with van der Waals surface area (Å²) in [5, 5.41) is 16.0. The molecule has 0 saturated carbocycles. The molecular formula is C26H37N3O5. The van der Waals surface area contributed by atoms with E-state index < -0.39 is 35.1 Å². The minimum absolute atomic E-state index is 0.00694. The molecule has 34 heavy (non-hydrogen) atoms. The smallest absolute Gasteiger partial charge is 0.246 e. The molecule has 186 valence electrons. The van der Waals surface area contributed by atoms with E-state index >= 15 is 0 Å². The average Bonchev–Trinajstić information content (AvgIpc) is 3.34. The molecule has 3 heterocycles. The molecule has 2 bridgehead atoms. The Morgan fingerprint density at radius 3 is 2.53 bits per heavy atom. The van der Waals surface area contributed by atoms with Crippen molar-refractivity contribution in [2.45, 2.75) is 76.8 Å². The summed E-state index contributed by atoms with van der Waals surface area (Å²) in [4.78, 5) is 42.5. The maximum atomic E-state index is 13.9. The molecule has 3 saturated heterocycles. The number of nitrogens with one attached hydrogen (secondary N) is 2. The number of nitrogens with zero attached hydrogens (tertiary/aromatic N) is 1. The van der Waals surface area contributed by atoms with Gasteiger partial charge in [0.2, 0.25) is 17.7 Å². The Morgan fingerprint density at radius 2 is 1.91 bits per heavy atom. The zero-order valence-corrected chi connectivity index (χ0v) is 20.5. The van der Waals surface area contributed by atoms with Crippen LogP contribution in [0, 0.1) is 17.8 Å². The standard InChI is InChI=1S/C26H37N3O5/c1-5-12-27-22(31)19-20-24(33)29(18(6-2)15-30)21(26(20)13-16(3)25(19,4)34-26)23(32)28-14-17-10-8-7-9-11-17/h7-11,16,18-21,30H,5-6,12-15H2,1-4H3,(H,27,31)(H,28,32)/t16?,18-,19+,20-,21?,25-,26?/m0/s1. The van der Waals surface area contributed by atoms with Crippen molar-refractivity contribution in [3.63, 3.8) is 0 Å². The Kier molecular flexibility index (Phi) is 6.75. The molecule has 3 amide bonds. The first-order valence-electron chi connectivity index (χ1n) is 12.5. The maximum Gasteiger partial charge on any atom is 0.246 e. The number of aliphatic hydroxyl groups excluding tert-OH is 1. The van der Waals surface area contributed by atoms with Gasteiger partial charge < -0.3 is 25.4 Å². The van der Waals surface area contributed by atoms with Gasteiger partial charge in [-0.3, -0.25) is 14.4 Å². The van der Waals surface area contributed by atoms with Crippen molar-refractivity contribution in [1.82, 2.24) is 15.5 Å². The number of carbonyl (C=O) groups is 3. The van der Waals surface area contributed by atoms with Crippen LogP contribution in [0.2, 0.25) is 0 Å². The molecule has 0 aliphatic carbocycles. The summed E-state index contributed by atoms with van der Waals surface area (Å²) in [5.74, 6) is -2.21. The molecule has 3 aliphatic heterocycles. The van der Waals surface area contributed by atoms with Crippen LogP contribution in [0.15, 0.2) is 30.3 Å². The number of ether oxygens (including phenoxy) is 1. The molecule has 8 nitrogen and oxygen atoms in total. The van der Waals surface area contributed by atoms with E-state index in [-0.39, 0.29) is 30.2 Å². The molecule has 0 radical (unpaired) electrons. The third-order valence-corrected chi connectivity index (χ3v) is 8.22. The summed E-state index contributed by atoms with van der Waals surface area (Å²) in [6.07, 6.45) is 1.79. The lowest BCUT2D eigenvalue weighted by Gasteiger charge is -2.36. The van der Waals surface area contributed by atoms with E-state index in [4.69, 9.17) is 4.74 Å². The zero-order chi connectivity index (χ0) is 24.7. The number of likely N-dealkylation sites (tertiary alicyclic amines) is 1. The Bertz CT molecular complexity index is 936. The minimum atomic E-state index is -1.09. The van der Waals surface area contributed by atoms with Gasteiger partial charge in [-0.05, 0) is 37.7 Å². The van der Waals surface area contributed by atoms with Gasteiger partial charge in [-0.1, -0.05) is 51.1 Å². The molecule has 0 aromatic heterocycles. The van der Waals surface area contributed by atoms with Gasteiger partial charge in [0.05, 0.1) is 30.1 Å². The number of amides is 3. The lowest BCUT2D eigenvalue weighted by atomic mass is 9.62. The fourth-order valence-electron chi connectivity index (χ4n) is 6.42. The van der Waals surface area contributed by atoms with E-state index in [1.165, 1.54) is 4.90 Å². The van der Waals surface area contributed by atoms with Crippen molar-refractivity contribution in [3.05, 3.63) is 35.9 Å². The van der Waals surface area contributed by atoms with E-state index in [0.29, 0.717) is 25.9 Å². The fourth-order valence-corrected chi connectivity index (χ4v) is 6.42. The number of hydrogen-bond acceptors (Lipinski definition) is 5. The number of rotatable bonds is 9. The number of benzene rings is 1. The second kappa shape index (κ2) is 9.30. The highest BCUT2D eigenvalue weighted by Crippen LogP contribution is 2.65. The molecule has 4 rings (SSSR count). The molecule has 3 unspecified atom stereocenters. The van der Waals surface area contributed by atoms with Crippen LogP contribution in [0.25, 0.3) is 0 Å². The SMILES string of the molecule is CCCNC(=O)[C@H]1[C@H]2C(=O)N([C@@H](CC)CO)C(C(=O)NCc3ccccc3)C23CC(C)[C@]1(C)O3. The summed E-state index contributed by atoms with van der Waals surface area (Å²) in [5.41, 5.74) is -0.977. The van der Waals surface area contributed by atoms with Crippen LogP contribution in [-0.4, -0.2) is 64.2 Å². The highest BCUT2D eigenvalue weighted by Gasteiger charge is 2.80. The van der Waals surface area contributed by atoms with Gasteiger partial charge in [-0.25, -0.2) is 0 Å². The lowest BCUT2D eigenvalue weighted by Crippen LogP contribution is -2.58. The highest BCUT2D eigenvalue weighted by molar-refractivity contribution is 5.99. The van der Waals surface area contributed by atoms with Gasteiger partial charge in [-0.15, -0.1) is 0 Å². The van der Waals surface area contributed by atoms with Gasteiger partial charge >= 0.3 is 0 Å². The second-order valence-corrected chi connectivity index (χ2v) is 10.2. The van der Waals surface area contributed by atoms with Crippen molar-refractivity contribution in [3.8, 4) is 0 Å². The Labute approximate surface area is 201 Å². The monoisotopic (exact) mass is 471 g/mol. The van der Waals surface area contributed by atoms with Crippen LogP contribution in [0.1, 0.15) is 52.5 Å². The van der Waals surface area contributed by atoms with Gasteiger partial charge in [0, 0.05) is 13.1 Å². The second-order valence-electron chi connectivity index (χ2n) is 10.2. The van der Waals surface area contributed by atoms with Crippen molar-refractivity contribution >= 4 is 17.7 Å². The Hall–Kier alpha value is -2.45. The molecule has 8 heteroatoms. The van der Waals surface area contributed by atoms with Crippen LogP contribution >= 0.6 is 0 Å². The normalized spacial score (nSPS) is 34.7. The number of fused-ring (bicyclic) bond motifs is 1. The summed E-state index contributed by atoms with van der Waals surface area (Å²) in [7, 11) is 0. The van der Waals surface area contributed by atoms with Crippen molar-refractivity contribution in [2.24, 2.45) is 17.8 Å². The molecule has 1 spiro atoms. The van der Waals surface area contributed by atoms with E-state index in [9.17, 15) is 19.5 Å². The van der Waals surface area contributed by atoms with E-state index in [1.54, 1.807) is 0 Å². The molecule has 7 atom stereocenters. The number of aliphatic hydroxyl groups is 1. The first-order chi connectivity index (χ1) is 16.2. The van der Waals surface area contributed by atoms with Crippen LogP contribution in [0.4, 0.5) is 0 Å². The third-order valence-electron chi connectivity index (χ3n) is 8.22. The fraction of sp³-hybridized carbons (Fsp3) is 0.654. The highest BCUT2D eigenvalue weighted by atomic mass is 16.5. The molecule has 1 aromatic carbocycles. The Balaban J connectivity index is 1.72. The van der Waals surface area contributed by atoms with Crippen LogP contribution in [-0.2, 0) is 25.7 Å². The molecular weight excluding hydrogens is 434 g/mol. The quantitative estimate of drug-likeness (QED) is 0.507. The van der Waals surface area contributed by atoms with Crippen molar-refractivity contribution < 1.29 is 24.2 Å². The van der Waals surface area contributed by atoms with Crippen molar-refractivity contribution in [2.75, 3.05) is 13.2 Å². The van der Waals surface area contributed by atoms with Gasteiger partial charge in [0.15, 0.2) is 0 Å². The minimum Gasteiger partial charge on any atom is -0.394 e. The zero-order valence-electron chi connectivity index (χ0n) is 20.5. The van der Waals surface area contributed by atoms with Gasteiger partial charge in [0.1, 0.15) is 11.6 Å². The molecule has 3 fully saturated rings. The summed E-state index contributed by atoms with van der Waals surface area (Å²) < 4.78 is 6.66. The van der Waals surface area contributed by atoms with E-state index in [1.807, 2.05) is 58.0 Å². The van der Waals surface area contributed by atoms with Crippen molar-refractivity contribution in [1.29, 1.82) is 0 Å². The van der Waals surface area contributed by atoms with Crippen LogP contribution in [0.5, 0.6) is 0 Å². The largest absolute Gasteiger partial charge is 0.394 e. The number of hydrogen-bond donors (Lipinski definition) is 3. The first kappa shape index (κ1) is 24.7. The maximum absolute atomic E-state index is 13.9. The summed E-state index contributed by atoms with van der Waals surface area (Å²) >= 11 is 0. The molecule has 3 N–H and O–H groups in total. The first-order valence-corrected chi connectivity index (χ1v) is 12.5. The van der Waals surface area contributed by atoms with Gasteiger partial charge in [-0.2, -0.15) is 0 Å².